The molecule has 0 saturated carbocycles. The van der Waals surface area contributed by atoms with Crippen LogP contribution in [0.4, 0.5) is 16.3 Å². The number of hydrogen-bond acceptors (Lipinski definition) is 9. The summed E-state index contributed by atoms with van der Waals surface area (Å²) in [4.78, 5) is 33.0. The summed E-state index contributed by atoms with van der Waals surface area (Å²) in [5.74, 6) is 0.785. The summed E-state index contributed by atoms with van der Waals surface area (Å²) in [7, 11) is 0. The van der Waals surface area contributed by atoms with Gasteiger partial charge in [0.15, 0.2) is 0 Å². The highest BCUT2D eigenvalue weighted by Gasteiger charge is 2.31. The zero-order chi connectivity index (χ0) is 23.2. The van der Waals surface area contributed by atoms with E-state index in [0.29, 0.717) is 31.7 Å². The molecular formula is C22H23N5O6. The van der Waals surface area contributed by atoms with E-state index < -0.39 is 11.1 Å². The van der Waals surface area contributed by atoms with E-state index in [-0.39, 0.29) is 30.0 Å². The van der Waals surface area contributed by atoms with Crippen LogP contribution in [0, 0.1) is 10.1 Å². The number of ether oxygens (including phenoxy) is 3. The molecule has 0 aliphatic carbocycles. The third-order valence-corrected chi connectivity index (χ3v) is 5.18. The van der Waals surface area contributed by atoms with Crippen LogP contribution in [0.2, 0.25) is 0 Å². The molecule has 0 atom stereocenters. The molecule has 1 saturated heterocycles. The largest absolute Gasteiger partial charge is 0.508 e. The Morgan fingerprint density at radius 1 is 1.18 bits per heavy atom. The second kappa shape index (κ2) is 9.98. The fourth-order valence-electron chi connectivity index (χ4n) is 3.61. The van der Waals surface area contributed by atoms with Gasteiger partial charge >= 0.3 is 11.8 Å². The highest BCUT2D eigenvalue weighted by Crippen LogP contribution is 2.39. The number of pyridine rings is 1. The van der Waals surface area contributed by atoms with E-state index in [1.165, 1.54) is 12.3 Å². The number of carbonyl (C=O) groups excluding carboxylic acids is 1. The monoisotopic (exact) mass is 453 g/mol. The lowest BCUT2D eigenvalue weighted by Gasteiger charge is -2.31. The van der Waals surface area contributed by atoms with Gasteiger partial charge in [-0.15, -0.1) is 0 Å². The number of nitrogens with zero attached hydrogens (tertiary/aromatic N) is 5. The predicted octanol–water partition coefficient (Wildman–Crippen LogP) is 4.11. The fourth-order valence-corrected chi connectivity index (χ4v) is 3.61. The maximum absolute atomic E-state index is 11.9. The minimum absolute atomic E-state index is 0.102. The van der Waals surface area contributed by atoms with Crippen molar-refractivity contribution >= 4 is 17.7 Å². The number of imidazole rings is 1. The molecule has 3 aromatic rings. The minimum Gasteiger partial charge on any atom is -0.450 e. The molecule has 1 fully saturated rings. The molecule has 3 heterocycles. The fraction of sp³-hybridized carbons (Fsp3) is 0.318. The van der Waals surface area contributed by atoms with Crippen LogP contribution in [0.1, 0.15) is 19.8 Å². The van der Waals surface area contributed by atoms with Crippen LogP contribution in [-0.4, -0.2) is 51.4 Å². The number of hydrogen-bond donors (Lipinski definition) is 0. The summed E-state index contributed by atoms with van der Waals surface area (Å²) in [6, 6.07) is 8.61. The smallest absolute Gasteiger partial charge is 0.450 e. The standard InChI is InChI=1S/C22H23N5O6/c1-2-31-22(28)33-18-8-12-25(13-9-18)21-20(27(29)30)19(7-10-24-21)32-17-5-3-16(4-6-17)26-14-11-23-15-26/h3-7,10-11,14-15,18H,2,8-9,12-13H2,1H3. The van der Waals surface area contributed by atoms with Crippen LogP contribution in [-0.2, 0) is 9.47 Å². The normalized spacial score (nSPS) is 14.0. The summed E-state index contributed by atoms with van der Waals surface area (Å²) in [6.45, 7) is 2.84. The van der Waals surface area contributed by atoms with Gasteiger partial charge in [-0.3, -0.25) is 10.1 Å². The van der Waals surface area contributed by atoms with Crippen LogP contribution in [0.25, 0.3) is 5.69 Å². The third-order valence-electron chi connectivity index (χ3n) is 5.18. The van der Waals surface area contributed by atoms with Gasteiger partial charge in [0.05, 0.1) is 17.9 Å². The number of aromatic nitrogens is 3. The van der Waals surface area contributed by atoms with Crippen molar-refractivity contribution in [2.45, 2.75) is 25.9 Å². The molecule has 1 aliphatic rings. The SMILES string of the molecule is CCOC(=O)OC1CCN(c2nccc(Oc3ccc(-n4ccnc4)cc3)c2[N+](=O)[O-])CC1. The van der Waals surface area contributed by atoms with Crippen LogP contribution in [0.5, 0.6) is 11.5 Å². The molecule has 11 nitrogen and oxygen atoms in total. The van der Waals surface area contributed by atoms with Gasteiger partial charge in [-0.05, 0) is 31.2 Å². The summed E-state index contributed by atoms with van der Waals surface area (Å²) in [5.41, 5.74) is 0.679. The van der Waals surface area contributed by atoms with E-state index in [4.69, 9.17) is 14.2 Å². The number of rotatable bonds is 7. The molecule has 0 amide bonds. The average Bonchev–Trinajstić information content (AvgIpc) is 3.35. The van der Waals surface area contributed by atoms with Crippen molar-refractivity contribution in [2.75, 3.05) is 24.6 Å². The molecule has 0 N–H and O–H groups in total. The Bertz CT molecular complexity index is 1090. The molecule has 4 rings (SSSR count). The van der Waals surface area contributed by atoms with Gasteiger partial charge in [0.2, 0.25) is 11.6 Å². The van der Waals surface area contributed by atoms with Crippen LogP contribution >= 0.6 is 0 Å². The number of nitro groups is 1. The van der Waals surface area contributed by atoms with Crippen molar-refractivity contribution in [1.29, 1.82) is 0 Å². The van der Waals surface area contributed by atoms with Crippen molar-refractivity contribution in [2.24, 2.45) is 0 Å². The Hall–Kier alpha value is -4.15. The minimum atomic E-state index is -0.700. The summed E-state index contributed by atoms with van der Waals surface area (Å²) < 4.78 is 17.8. The topological polar surface area (TPSA) is 122 Å². The van der Waals surface area contributed by atoms with E-state index in [0.717, 1.165) is 5.69 Å². The van der Waals surface area contributed by atoms with Crippen molar-refractivity contribution in [3.05, 3.63) is 65.4 Å². The first-order valence-corrected chi connectivity index (χ1v) is 10.5. The van der Waals surface area contributed by atoms with E-state index in [1.807, 2.05) is 22.9 Å². The Morgan fingerprint density at radius 3 is 2.58 bits per heavy atom. The van der Waals surface area contributed by atoms with E-state index in [2.05, 4.69) is 9.97 Å². The molecule has 1 aromatic carbocycles. The second-order valence-corrected chi connectivity index (χ2v) is 7.29. The average molecular weight is 453 g/mol. The first kappa shape index (κ1) is 22.1. The van der Waals surface area contributed by atoms with E-state index in [9.17, 15) is 14.9 Å². The third kappa shape index (κ3) is 5.20. The molecule has 0 bridgehead atoms. The van der Waals surface area contributed by atoms with E-state index in [1.54, 1.807) is 36.5 Å². The van der Waals surface area contributed by atoms with Crippen molar-refractivity contribution < 1.29 is 23.9 Å². The number of piperidine rings is 1. The van der Waals surface area contributed by atoms with Gasteiger partial charge in [0, 0.05) is 56.3 Å². The molecule has 0 unspecified atom stereocenters. The zero-order valence-corrected chi connectivity index (χ0v) is 18.0. The van der Waals surface area contributed by atoms with Crippen molar-refractivity contribution in [1.82, 2.24) is 14.5 Å². The number of carbonyl (C=O) groups is 1. The van der Waals surface area contributed by atoms with Crippen molar-refractivity contribution in [3.8, 4) is 17.2 Å². The maximum Gasteiger partial charge on any atom is 0.508 e. The van der Waals surface area contributed by atoms with Gasteiger partial charge in [-0.1, -0.05) is 0 Å². The first-order chi connectivity index (χ1) is 16.0. The molecule has 1 aliphatic heterocycles. The van der Waals surface area contributed by atoms with Gasteiger partial charge in [0.25, 0.3) is 0 Å². The van der Waals surface area contributed by atoms with Crippen LogP contribution in [0.15, 0.2) is 55.2 Å². The maximum atomic E-state index is 11.9. The Kier molecular flexibility index (Phi) is 6.67. The Morgan fingerprint density at radius 2 is 1.94 bits per heavy atom. The van der Waals surface area contributed by atoms with Gasteiger partial charge in [0.1, 0.15) is 11.9 Å². The Balaban J connectivity index is 1.48. The molecule has 0 spiro atoms. The van der Waals surface area contributed by atoms with Gasteiger partial charge in [-0.2, -0.15) is 0 Å². The molecule has 33 heavy (non-hydrogen) atoms. The van der Waals surface area contributed by atoms with Crippen LogP contribution in [0.3, 0.4) is 0 Å². The zero-order valence-electron chi connectivity index (χ0n) is 18.0. The molecule has 0 radical (unpaired) electrons. The van der Waals surface area contributed by atoms with Crippen LogP contribution < -0.4 is 9.64 Å². The lowest BCUT2D eigenvalue weighted by molar-refractivity contribution is -0.385. The summed E-state index contributed by atoms with van der Waals surface area (Å²) in [6.07, 6.45) is 6.68. The summed E-state index contributed by atoms with van der Waals surface area (Å²) >= 11 is 0. The highest BCUT2D eigenvalue weighted by atomic mass is 16.7. The summed E-state index contributed by atoms with van der Waals surface area (Å²) in [5, 5.41) is 11.9. The molecular weight excluding hydrogens is 430 g/mol. The quantitative estimate of drug-likeness (QED) is 0.295. The van der Waals surface area contributed by atoms with Gasteiger partial charge < -0.3 is 23.7 Å². The second-order valence-electron chi connectivity index (χ2n) is 7.29. The molecule has 2 aromatic heterocycles. The predicted molar refractivity (Wildman–Crippen MR) is 118 cm³/mol. The van der Waals surface area contributed by atoms with Gasteiger partial charge in [-0.25, -0.2) is 14.8 Å². The lowest BCUT2D eigenvalue weighted by atomic mass is 10.1. The van der Waals surface area contributed by atoms with E-state index >= 15 is 0 Å². The number of benzene rings is 1. The molecule has 172 valence electrons. The lowest BCUT2D eigenvalue weighted by Crippen LogP contribution is -2.38. The Labute approximate surface area is 189 Å². The first-order valence-electron chi connectivity index (χ1n) is 10.5. The number of anilines is 1. The molecule has 11 heteroatoms. The van der Waals surface area contributed by atoms with Crippen molar-refractivity contribution in [3.63, 3.8) is 0 Å². The highest BCUT2D eigenvalue weighted by molar-refractivity contribution is 5.66.